The summed E-state index contributed by atoms with van der Waals surface area (Å²) in [6.07, 6.45) is 0. The number of nitrogen functional groups attached to an aromatic ring is 1. The van der Waals surface area contributed by atoms with E-state index in [1.54, 1.807) is 12.1 Å². The smallest absolute Gasteiger partial charge is 0.285 e. The van der Waals surface area contributed by atoms with Gasteiger partial charge < -0.3 is 11.1 Å². The number of nitro benzene ring substituents is 1. The summed E-state index contributed by atoms with van der Waals surface area (Å²) in [4.78, 5) is 10.4. The summed E-state index contributed by atoms with van der Waals surface area (Å²) in [6.45, 7) is 0.519. The molecule has 0 radical (unpaired) electrons. The Kier molecular flexibility index (Phi) is 4.01. The van der Waals surface area contributed by atoms with Crippen molar-refractivity contribution < 1.29 is 4.92 Å². The highest BCUT2D eigenvalue weighted by molar-refractivity contribution is 9.10. The Morgan fingerprint density at radius 3 is 2.68 bits per heavy atom. The van der Waals surface area contributed by atoms with E-state index in [0.29, 0.717) is 22.4 Å². The van der Waals surface area contributed by atoms with Crippen molar-refractivity contribution in [1.82, 2.24) is 0 Å². The van der Waals surface area contributed by atoms with Crippen molar-refractivity contribution >= 4 is 33.0 Å². The number of hydrogen-bond donors (Lipinski definition) is 2. The molecule has 19 heavy (non-hydrogen) atoms. The maximum absolute atomic E-state index is 10.8. The first-order chi connectivity index (χ1) is 9.08. The Balaban J connectivity index is 2.14. The summed E-state index contributed by atoms with van der Waals surface area (Å²) in [7, 11) is 0. The summed E-state index contributed by atoms with van der Waals surface area (Å²) in [5.74, 6) is 0. The minimum absolute atomic E-state index is 0.0334. The minimum Gasteiger partial charge on any atom is -0.398 e. The molecule has 5 nitrogen and oxygen atoms in total. The number of nitrogens with two attached hydrogens (primary N) is 1. The molecule has 0 fully saturated rings. The molecule has 0 heterocycles. The van der Waals surface area contributed by atoms with E-state index < -0.39 is 4.92 Å². The second-order valence-electron chi connectivity index (χ2n) is 3.98. The van der Waals surface area contributed by atoms with Crippen molar-refractivity contribution in [2.45, 2.75) is 6.54 Å². The number of nitrogens with zero attached hydrogens (tertiary/aromatic N) is 1. The second-order valence-corrected chi connectivity index (χ2v) is 4.83. The molecular weight excluding hydrogens is 310 g/mol. The van der Waals surface area contributed by atoms with Gasteiger partial charge in [0.25, 0.3) is 5.69 Å². The number of nitrogens with one attached hydrogen (secondary N) is 1. The maximum Gasteiger partial charge on any atom is 0.285 e. The standard InChI is InChI=1S/C13H12BrN3O2/c14-11-6-5-10(7-13(11)17(18)19)16-8-9-3-1-2-4-12(9)15/h1-7,16H,8,15H2. The molecule has 0 bridgehead atoms. The topological polar surface area (TPSA) is 81.2 Å². The minimum atomic E-state index is -0.424. The summed E-state index contributed by atoms with van der Waals surface area (Å²) < 4.78 is 0.460. The van der Waals surface area contributed by atoms with Crippen LogP contribution in [0.2, 0.25) is 0 Å². The van der Waals surface area contributed by atoms with Crippen LogP contribution in [0.1, 0.15) is 5.56 Å². The van der Waals surface area contributed by atoms with Gasteiger partial charge in [0.15, 0.2) is 0 Å². The molecule has 2 aromatic rings. The fourth-order valence-electron chi connectivity index (χ4n) is 1.66. The van der Waals surface area contributed by atoms with Gasteiger partial charge in [-0.2, -0.15) is 0 Å². The van der Waals surface area contributed by atoms with E-state index in [4.69, 9.17) is 5.73 Å². The zero-order valence-corrected chi connectivity index (χ0v) is 11.6. The van der Waals surface area contributed by atoms with Crippen molar-refractivity contribution in [3.05, 3.63) is 62.6 Å². The van der Waals surface area contributed by atoms with Crippen LogP contribution in [0, 0.1) is 10.1 Å². The Hall–Kier alpha value is -2.08. The number of hydrogen-bond acceptors (Lipinski definition) is 4. The number of halogens is 1. The summed E-state index contributed by atoms with van der Waals surface area (Å²) in [5.41, 5.74) is 8.19. The van der Waals surface area contributed by atoms with E-state index in [9.17, 15) is 10.1 Å². The lowest BCUT2D eigenvalue weighted by Gasteiger charge is -2.09. The number of anilines is 2. The zero-order valence-electron chi connectivity index (χ0n) is 9.97. The number of nitro groups is 1. The molecule has 2 rings (SSSR count). The van der Waals surface area contributed by atoms with Gasteiger partial charge in [-0.3, -0.25) is 10.1 Å². The van der Waals surface area contributed by atoms with Crippen molar-refractivity contribution in [1.29, 1.82) is 0 Å². The maximum atomic E-state index is 10.8. The van der Waals surface area contributed by atoms with Crippen molar-refractivity contribution in [3.63, 3.8) is 0 Å². The lowest BCUT2D eigenvalue weighted by molar-refractivity contribution is -0.385. The summed E-state index contributed by atoms with van der Waals surface area (Å²) in [6, 6.07) is 12.4. The van der Waals surface area contributed by atoms with Crippen LogP contribution in [0.4, 0.5) is 17.1 Å². The molecule has 0 atom stereocenters. The zero-order chi connectivity index (χ0) is 13.8. The van der Waals surface area contributed by atoms with E-state index in [-0.39, 0.29) is 5.69 Å². The summed E-state index contributed by atoms with van der Waals surface area (Å²) >= 11 is 3.15. The van der Waals surface area contributed by atoms with Gasteiger partial charge in [0.2, 0.25) is 0 Å². The lowest BCUT2D eigenvalue weighted by Crippen LogP contribution is -2.03. The Bertz CT molecular complexity index is 617. The van der Waals surface area contributed by atoms with Gasteiger partial charge in [0.1, 0.15) is 0 Å². The van der Waals surface area contributed by atoms with Crippen molar-refractivity contribution in [3.8, 4) is 0 Å². The predicted octanol–water partition coefficient (Wildman–Crippen LogP) is 3.55. The van der Waals surface area contributed by atoms with Gasteiger partial charge in [-0.1, -0.05) is 18.2 Å². The predicted molar refractivity (Wildman–Crippen MR) is 79.0 cm³/mol. The molecular formula is C13H12BrN3O2. The van der Waals surface area contributed by atoms with Crippen LogP contribution in [0.15, 0.2) is 46.9 Å². The van der Waals surface area contributed by atoms with Gasteiger partial charge in [-0.25, -0.2) is 0 Å². The first-order valence-electron chi connectivity index (χ1n) is 5.59. The van der Waals surface area contributed by atoms with Crippen LogP contribution in [0.3, 0.4) is 0 Å². The number of benzene rings is 2. The lowest BCUT2D eigenvalue weighted by atomic mass is 10.2. The Morgan fingerprint density at radius 1 is 1.26 bits per heavy atom. The Morgan fingerprint density at radius 2 is 2.00 bits per heavy atom. The average molecular weight is 322 g/mol. The van der Waals surface area contributed by atoms with Gasteiger partial charge in [-0.05, 0) is 39.7 Å². The third-order valence-corrected chi connectivity index (χ3v) is 3.35. The summed E-state index contributed by atoms with van der Waals surface area (Å²) in [5, 5.41) is 13.9. The van der Waals surface area contributed by atoms with Crippen LogP contribution in [-0.4, -0.2) is 4.92 Å². The van der Waals surface area contributed by atoms with Gasteiger partial charge in [0.05, 0.1) is 9.40 Å². The highest BCUT2D eigenvalue weighted by atomic mass is 79.9. The van der Waals surface area contributed by atoms with E-state index in [1.165, 1.54) is 6.07 Å². The number of para-hydroxylation sites is 1. The normalized spacial score (nSPS) is 10.2. The molecule has 0 unspecified atom stereocenters. The van der Waals surface area contributed by atoms with Crippen LogP contribution in [0.25, 0.3) is 0 Å². The highest BCUT2D eigenvalue weighted by Crippen LogP contribution is 2.28. The first kappa shape index (κ1) is 13.4. The highest BCUT2D eigenvalue weighted by Gasteiger charge is 2.12. The quantitative estimate of drug-likeness (QED) is 0.512. The van der Waals surface area contributed by atoms with Crippen LogP contribution in [-0.2, 0) is 6.54 Å². The van der Waals surface area contributed by atoms with Crippen LogP contribution < -0.4 is 11.1 Å². The molecule has 3 N–H and O–H groups in total. The third kappa shape index (κ3) is 3.23. The van der Waals surface area contributed by atoms with Gasteiger partial charge in [-0.15, -0.1) is 0 Å². The molecule has 0 spiro atoms. The van der Waals surface area contributed by atoms with E-state index in [2.05, 4.69) is 21.2 Å². The molecule has 0 aliphatic heterocycles. The Labute approximate surface area is 118 Å². The molecule has 98 valence electrons. The molecule has 0 saturated carbocycles. The van der Waals surface area contributed by atoms with Gasteiger partial charge >= 0.3 is 0 Å². The molecule has 0 saturated heterocycles. The fourth-order valence-corrected chi connectivity index (χ4v) is 2.05. The third-order valence-electron chi connectivity index (χ3n) is 2.68. The van der Waals surface area contributed by atoms with Crippen molar-refractivity contribution in [2.75, 3.05) is 11.1 Å². The molecule has 0 aliphatic rings. The van der Waals surface area contributed by atoms with E-state index >= 15 is 0 Å². The van der Waals surface area contributed by atoms with Crippen molar-refractivity contribution in [2.24, 2.45) is 0 Å². The van der Waals surface area contributed by atoms with E-state index in [0.717, 1.165) is 5.56 Å². The molecule has 0 aliphatic carbocycles. The first-order valence-corrected chi connectivity index (χ1v) is 6.38. The molecule has 0 amide bonds. The monoisotopic (exact) mass is 321 g/mol. The fraction of sp³-hybridized carbons (Fsp3) is 0.0769. The van der Waals surface area contributed by atoms with Gasteiger partial charge in [0, 0.05) is 24.0 Å². The average Bonchev–Trinajstić information content (AvgIpc) is 2.39. The second kappa shape index (κ2) is 5.71. The molecule has 2 aromatic carbocycles. The number of rotatable bonds is 4. The molecule has 0 aromatic heterocycles. The molecule has 6 heteroatoms. The van der Waals surface area contributed by atoms with Crippen LogP contribution >= 0.6 is 15.9 Å². The van der Waals surface area contributed by atoms with E-state index in [1.807, 2.05) is 24.3 Å². The SMILES string of the molecule is Nc1ccccc1CNc1ccc(Br)c([N+](=O)[O-])c1. The largest absolute Gasteiger partial charge is 0.398 e. The van der Waals surface area contributed by atoms with Crippen LogP contribution in [0.5, 0.6) is 0 Å².